The molecule has 0 spiro atoms. The van der Waals surface area contributed by atoms with Crippen molar-refractivity contribution < 1.29 is 14.3 Å². The lowest BCUT2D eigenvalue weighted by Crippen LogP contribution is -2.03. The zero-order chi connectivity index (χ0) is 11.3. The maximum atomic E-state index is 11.2. The third kappa shape index (κ3) is 3.37. The Balaban J connectivity index is 2.83. The first-order chi connectivity index (χ1) is 7.19. The van der Waals surface area contributed by atoms with Gasteiger partial charge < -0.3 is 9.47 Å². The largest absolute Gasteiger partial charge is 0.492 e. The summed E-state index contributed by atoms with van der Waals surface area (Å²) in [5.41, 5.74) is 0.547. The molecule has 0 aliphatic rings. The summed E-state index contributed by atoms with van der Waals surface area (Å²) >= 11 is 2.14. The van der Waals surface area contributed by atoms with Gasteiger partial charge in [0.05, 0.1) is 22.9 Å². The van der Waals surface area contributed by atoms with Crippen LogP contribution in [0.15, 0.2) is 18.2 Å². The number of hydrogen-bond donors (Lipinski definition) is 0. The summed E-state index contributed by atoms with van der Waals surface area (Å²) in [6, 6.07) is 5.26. The van der Waals surface area contributed by atoms with Crippen molar-refractivity contribution in [2.45, 2.75) is 13.3 Å². The summed E-state index contributed by atoms with van der Waals surface area (Å²) < 4.78 is 11.0. The number of ether oxygens (including phenoxy) is 2. The van der Waals surface area contributed by atoms with E-state index in [1.165, 1.54) is 7.11 Å². The Bertz CT molecular complexity index is 350. The monoisotopic (exact) mass is 320 g/mol. The van der Waals surface area contributed by atoms with Gasteiger partial charge in [-0.3, -0.25) is 0 Å². The number of benzene rings is 1. The molecule has 4 heteroatoms. The fourth-order valence-corrected chi connectivity index (χ4v) is 1.75. The number of rotatable bonds is 4. The number of carbonyl (C=O) groups excluding carboxylic acids is 1. The predicted octanol–water partition coefficient (Wildman–Crippen LogP) is 2.87. The van der Waals surface area contributed by atoms with Crippen molar-refractivity contribution in [2.75, 3.05) is 13.7 Å². The Morgan fingerprint density at radius 3 is 2.73 bits per heavy atom. The average Bonchev–Trinajstić information content (AvgIpc) is 2.26. The molecule has 0 unspecified atom stereocenters. The normalized spacial score (nSPS) is 9.80. The lowest BCUT2D eigenvalue weighted by atomic mass is 10.2. The number of hydrogen-bond acceptors (Lipinski definition) is 3. The highest BCUT2D eigenvalue weighted by Gasteiger charge is 2.08. The molecule has 0 aliphatic heterocycles. The lowest BCUT2D eigenvalue weighted by molar-refractivity contribution is 0.0600. The number of methoxy groups -OCH3 is 1. The van der Waals surface area contributed by atoms with Crippen LogP contribution in [0.2, 0.25) is 0 Å². The lowest BCUT2D eigenvalue weighted by Gasteiger charge is -2.07. The van der Waals surface area contributed by atoms with E-state index in [4.69, 9.17) is 4.74 Å². The molecule has 0 saturated carbocycles. The van der Waals surface area contributed by atoms with E-state index in [0.717, 1.165) is 15.7 Å². The Labute approximate surface area is 103 Å². The number of carbonyl (C=O) groups is 1. The van der Waals surface area contributed by atoms with Gasteiger partial charge in [-0.1, -0.05) is 6.92 Å². The second-order valence-corrected chi connectivity index (χ2v) is 4.15. The maximum absolute atomic E-state index is 11.2. The number of esters is 1. The van der Waals surface area contributed by atoms with Crippen LogP contribution in [0.4, 0.5) is 0 Å². The van der Waals surface area contributed by atoms with Crippen LogP contribution in [-0.2, 0) is 4.74 Å². The Morgan fingerprint density at radius 2 is 2.20 bits per heavy atom. The Kier molecular flexibility index (Phi) is 4.87. The van der Waals surface area contributed by atoms with Crippen LogP contribution >= 0.6 is 22.6 Å². The standard InChI is InChI=1S/C11H13IO3/c1-3-6-15-10-5-4-8(7-9(10)12)11(13)14-2/h4-5,7H,3,6H2,1-2H3. The summed E-state index contributed by atoms with van der Waals surface area (Å²) in [6.45, 7) is 2.74. The molecule has 0 fully saturated rings. The van der Waals surface area contributed by atoms with Crippen molar-refractivity contribution >= 4 is 28.6 Å². The molecule has 1 aromatic rings. The van der Waals surface area contributed by atoms with Crippen LogP contribution in [0.5, 0.6) is 5.75 Å². The van der Waals surface area contributed by atoms with Crippen molar-refractivity contribution in [1.29, 1.82) is 0 Å². The molecule has 0 saturated heterocycles. The third-order valence-corrected chi connectivity index (χ3v) is 2.66. The second-order valence-electron chi connectivity index (χ2n) is 2.99. The van der Waals surface area contributed by atoms with Crippen LogP contribution in [0, 0.1) is 3.57 Å². The summed E-state index contributed by atoms with van der Waals surface area (Å²) in [6.07, 6.45) is 0.967. The van der Waals surface area contributed by atoms with E-state index in [2.05, 4.69) is 34.3 Å². The Morgan fingerprint density at radius 1 is 1.47 bits per heavy atom. The van der Waals surface area contributed by atoms with Gasteiger partial charge in [0.1, 0.15) is 5.75 Å². The van der Waals surface area contributed by atoms with Crippen molar-refractivity contribution in [3.8, 4) is 5.75 Å². The molecule has 0 amide bonds. The smallest absolute Gasteiger partial charge is 0.337 e. The molecule has 0 N–H and O–H groups in total. The van der Waals surface area contributed by atoms with E-state index in [0.29, 0.717) is 12.2 Å². The van der Waals surface area contributed by atoms with Crippen molar-refractivity contribution in [2.24, 2.45) is 0 Å². The van der Waals surface area contributed by atoms with Crippen LogP contribution < -0.4 is 4.74 Å². The van der Waals surface area contributed by atoms with Gasteiger partial charge in [-0.05, 0) is 47.2 Å². The molecule has 0 atom stereocenters. The van der Waals surface area contributed by atoms with E-state index in [1.807, 2.05) is 0 Å². The van der Waals surface area contributed by atoms with Crippen molar-refractivity contribution in [1.82, 2.24) is 0 Å². The minimum Gasteiger partial charge on any atom is -0.492 e. The topological polar surface area (TPSA) is 35.5 Å². The van der Waals surface area contributed by atoms with Crippen LogP contribution in [0.3, 0.4) is 0 Å². The molecular formula is C11H13IO3. The van der Waals surface area contributed by atoms with Crippen LogP contribution in [0.25, 0.3) is 0 Å². The van der Waals surface area contributed by atoms with E-state index < -0.39 is 0 Å². The van der Waals surface area contributed by atoms with E-state index in [9.17, 15) is 4.79 Å². The third-order valence-electron chi connectivity index (χ3n) is 1.81. The molecule has 3 nitrogen and oxygen atoms in total. The van der Waals surface area contributed by atoms with Crippen molar-refractivity contribution in [3.05, 3.63) is 27.3 Å². The predicted molar refractivity (Wildman–Crippen MR) is 66.3 cm³/mol. The van der Waals surface area contributed by atoms with Crippen molar-refractivity contribution in [3.63, 3.8) is 0 Å². The van der Waals surface area contributed by atoms with Gasteiger partial charge in [-0.25, -0.2) is 4.79 Å². The molecule has 1 aromatic carbocycles. The number of halogens is 1. The summed E-state index contributed by atoms with van der Waals surface area (Å²) in [5, 5.41) is 0. The van der Waals surface area contributed by atoms with Gasteiger partial charge in [-0.2, -0.15) is 0 Å². The van der Waals surface area contributed by atoms with Gasteiger partial charge >= 0.3 is 5.97 Å². The summed E-state index contributed by atoms with van der Waals surface area (Å²) in [5.74, 6) is 0.486. The molecule has 0 radical (unpaired) electrons. The van der Waals surface area contributed by atoms with Gasteiger partial charge in [0.15, 0.2) is 0 Å². The van der Waals surface area contributed by atoms with Crippen LogP contribution in [-0.4, -0.2) is 19.7 Å². The molecule has 0 aliphatic carbocycles. The van der Waals surface area contributed by atoms with Gasteiger partial charge in [0.25, 0.3) is 0 Å². The Hall–Kier alpha value is -0.780. The molecule has 15 heavy (non-hydrogen) atoms. The molecule has 0 bridgehead atoms. The minimum atomic E-state index is -0.324. The fourth-order valence-electron chi connectivity index (χ4n) is 1.07. The summed E-state index contributed by atoms with van der Waals surface area (Å²) in [4.78, 5) is 11.2. The zero-order valence-corrected chi connectivity index (χ0v) is 10.9. The van der Waals surface area contributed by atoms with Gasteiger partial charge in [-0.15, -0.1) is 0 Å². The highest BCUT2D eigenvalue weighted by Crippen LogP contribution is 2.22. The molecular weight excluding hydrogens is 307 g/mol. The highest BCUT2D eigenvalue weighted by atomic mass is 127. The first kappa shape index (κ1) is 12.3. The van der Waals surface area contributed by atoms with E-state index in [-0.39, 0.29) is 5.97 Å². The molecule has 0 heterocycles. The quantitative estimate of drug-likeness (QED) is 0.632. The minimum absolute atomic E-state index is 0.324. The zero-order valence-electron chi connectivity index (χ0n) is 8.75. The molecule has 82 valence electrons. The SMILES string of the molecule is CCCOc1ccc(C(=O)OC)cc1I. The van der Waals surface area contributed by atoms with Gasteiger partial charge in [0.2, 0.25) is 0 Å². The first-order valence-electron chi connectivity index (χ1n) is 4.69. The van der Waals surface area contributed by atoms with Crippen LogP contribution in [0.1, 0.15) is 23.7 Å². The fraction of sp³-hybridized carbons (Fsp3) is 0.364. The summed E-state index contributed by atoms with van der Waals surface area (Å²) in [7, 11) is 1.37. The second kappa shape index (κ2) is 5.95. The molecule has 1 rings (SSSR count). The molecule has 0 aromatic heterocycles. The first-order valence-corrected chi connectivity index (χ1v) is 5.77. The maximum Gasteiger partial charge on any atom is 0.337 e. The van der Waals surface area contributed by atoms with E-state index >= 15 is 0 Å². The highest BCUT2D eigenvalue weighted by molar-refractivity contribution is 14.1. The van der Waals surface area contributed by atoms with E-state index in [1.54, 1.807) is 18.2 Å². The van der Waals surface area contributed by atoms with Gasteiger partial charge in [0, 0.05) is 0 Å². The average molecular weight is 320 g/mol.